The highest BCUT2D eigenvalue weighted by Crippen LogP contribution is 2.09. The van der Waals surface area contributed by atoms with Crippen molar-refractivity contribution in [2.75, 3.05) is 32.7 Å². The van der Waals surface area contributed by atoms with Gasteiger partial charge in [-0.2, -0.15) is 0 Å². The van der Waals surface area contributed by atoms with E-state index in [4.69, 9.17) is 0 Å². The highest BCUT2D eigenvalue weighted by Gasteiger charge is 2.17. The molecule has 0 N–H and O–H groups in total. The molecule has 1 aromatic heterocycles. The van der Waals surface area contributed by atoms with E-state index in [0.717, 1.165) is 25.5 Å². The van der Waals surface area contributed by atoms with Crippen LogP contribution in [0.3, 0.4) is 0 Å². The number of imidazole rings is 1. The summed E-state index contributed by atoms with van der Waals surface area (Å²) in [4.78, 5) is 9.52. The smallest absolute Gasteiger partial charge is 0.122 e. The third-order valence-corrected chi connectivity index (χ3v) is 4.53. The molecule has 0 unspecified atom stereocenters. The Morgan fingerprint density at radius 2 is 1.73 bits per heavy atom. The van der Waals surface area contributed by atoms with Crippen molar-refractivity contribution < 1.29 is 0 Å². The molecule has 0 saturated carbocycles. The number of rotatable bonds is 6. The van der Waals surface area contributed by atoms with Crippen LogP contribution in [-0.4, -0.2) is 52.1 Å². The normalized spacial score (nSPS) is 17.0. The van der Waals surface area contributed by atoms with Crippen LogP contribution in [0.25, 0.3) is 0 Å². The lowest BCUT2D eigenvalue weighted by molar-refractivity contribution is 0.123. The van der Waals surface area contributed by atoms with Crippen LogP contribution in [0.4, 0.5) is 0 Å². The van der Waals surface area contributed by atoms with E-state index in [-0.39, 0.29) is 0 Å². The van der Waals surface area contributed by atoms with Crippen LogP contribution >= 0.6 is 0 Å². The molecular weight excluding hydrogens is 272 g/mol. The van der Waals surface area contributed by atoms with Crippen LogP contribution in [0.2, 0.25) is 0 Å². The van der Waals surface area contributed by atoms with Gasteiger partial charge in [0.2, 0.25) is 0 Å². The van der Waals surface area contributed by atoms with Gasteiger partial charge in [0.05, 0.1) is 6.54 Å². The quantitative estimate of drug-likeness (QED) is 0.817. The van der Waals surface area contributed by atoms with E-state index in [0.29, 0.717) is 0 Å². The van der Waals surface area contributed by atoms with Crippen LogP contribution < -0.4 is 0 Å². The molecule has 2 aromatic rings. The van der Waals surface area contributed by atoms with Crippen molar-refractivity contribution in [3.05, 3.63) is 54.1 Å². The van der Waals surface area contributed by atoms with Crippen molar-refractivity contribution in [1.82, 2.24) is 19.4 Å². The van der Waals surface area contributed by atoms with Crippen molar-refractivity contribution in [3.63, 3.8) is 0 Å². The SMILES string of the molecule is Cn1ccnc1CN1CCN(CCCc2ccccc2)CC1. The average molecular weight is 298 g/mol. The maximum Gasteiger partial charge on any atom is 0.122 e. The summed E-state index contributed by atoms with van der Waals surface area (Å²) in [6.07, 6.45) is 6.35. The Kier molecular flexibility index (Phi) is 5.24. The Morgan fingerprint density at radius 3 is 2.41 bits per heavy atom. The van der Waals surface area contributed by atoms with Gasteiger partial charge in [-0.05, 0) is 24.9 Å². The van der Waals surface area contributed by atoms with Crippen LogP contribution in [0.15, 0.2) is 42.7 Å². The first-order valence-corrected chi connectivity index (χ1v) is 8.26. The maximum atomic E-state index is 4.42. The molecule has 0 bridgehead atoms. The van der Waals surface area contributed by atoms with Crippen molar-refractivity contribution in [3.8, 4) is 0 Å². The molecule has 0 radical (unpaired) electrons. The molecule has 1 saturated heterocycles. The highest BCUT2D eigenvalue weighted by atomic mass is 15.3. The summed E-state index contributed by atoms with van der Waals surface area (Å²) < 4.78 is 2.12. The zero-order valence-electron chi connectivity index (χ0n) is 13.5. The second-order valence-corrected chi connectivity index (χ2v) is 6.16. The molecule has 0 spiro atoms. The standard InChI is InChI=1S/C18H26N4/c1-20-11-9-19-18(20)16-22-14-12-21(13-15-22)10-5-8-17-6-3-2-4-7-17/h2-4,6-7,9,11H,5,8,10,12-16H2,1H3. The summed E-state index contributed by atoms with van der Waals surface area (Å²) in [6, 6.07) is 10.8. The summed E-state index contributed by atoms with van der Waals surface area (Å²) in [5.74, 6) is 1.16. The van der Waals surface area contributed by atoms with Crippen LogP contribution in [0.1, 0.15) is 17.8 Å². The van der Waals surface area contributed by atoms with Crippen molar-refractivity contribution >= 4 is 0 Å². The zero-order chi connectivity index (χ0) is 15.2. The molecule has 1 aliphatic rings. The second kappa shape index (κ2) is 7.56. The van der Waals surface area contributed by atoms with E-state index in [9.17, 15) is 0 Å². The first-order chi connectivity index (χ1) is 10.8. The third kappa shape index (κ3) is 4.18. The van der Waals surface area contributed by atoms with Gasteiger partial charge in [0.25, 0.3) is 0 Å². The minimum atomic E-state index is 0.974. The number of hydrogen-bond donors (Lipinski definition) is 0. The molecular formula is C18H26N4. The van der Waals surface area contributed by atoms with Gasteiger partial charge in [-0.15, -0.1) is 0 Å². The number of nitrogens with zero attached hydrogens (tertiary/aromatic N) is 4. The Hall–Kier alpha value is -1.65. The Bertz CT molecular complexity index is 555. The number of aromatic nitrogens is 2. The van der Waals surface area contributed by atoms with Gasteiger partial charge in [-0.3, -0.25) is 4.90 Å². The Morgan fingerprint density at radius 1 is 1.00 bits per heavy atom. The van der Waals surface area contributed by atoms with Gasteiger partial charge >= 0.3 is 0 Å². The summed E-state index contributed by atoms with van der Waals surface area (Å²) in [5.41, 5.74) is 1.45. The highest BCUT2D eigenvalue weighted by molar-refractivity contribution is 5.14. The number of hydrogen-bond acceptors (Lipinski definition) is 3. The van der Waals surface area contributed by atoms with E-state index >= 15 is 0 Å². The largest absolute Gasteiger partial charge is 0.337 e. The van der Waals surface area contributed by atoms with E-state index in [1.54, 1.807) is 0 Å². The molecule has 1 aliphatic heterocycles. The first-order valence-electron chi connectivity index (χ1n) is 8.26. The lowest BCUT2D eigenvalue weighted by Gasteiger charge is -2.34. The Balaban J connectivity index is 1.36. The summed E-state index contributed by atoms with van der Waals surface area (Å²) in [6.45, 7) is 6.85. The van der Waals surface area contributed by atoms with Gasteiger partial charge in [-0.1, -0.05) is 30.3 Å². The predicted octanol–water partition coefficient (Wildman–Crippen LogP) is 2.17. The third-order valence-electron chi connectivity index (χ3n) is 4.53. The lowest BCUT2D eigenvalue weighted by atomic mass is 10.1. The molecule has 4 heteroatoms. The number of benzene rings is 1. The maximum absolute atomic E-state index is 4.42. The molecule has 1 fully saturated rings. The number of piperazine rings is 1. The van der Waals surface area contributed by atoms with Crippen molar-refractivity contribution in [2.24, 2.45) is 7.05 Å². The van der Waals surface area contributed by atoms with E-state index in [1.165, 1.54) is 38.0 Å². The van der Waals surface area contributed by atoms with Gasteiger partial charge in [0.1, 0.15) is 5.82 Å². The van der Waals surface area contributed by atoms with E-state index in [2.05, 4.69) is 56.7 Å². The van der Waals surface area contributed by atoms with Gasteiger partial charge < -0.3 is 9.47 Å². The van der Waals surface area contributed by atoms with Gasteiger partial charge in [0, 0.05) is 45.6 Å². The fourth-order valence-corrected chi connectivity index (χ4v) is 3.07. The fraction of sp³-hybridized carbons (Fsp3) is 0.500. The topological polar surface area (TPSA) is 24.3 Å². The molecule has 1 aromatic carbocycles. The molecule has 2 heterocycles. The minimum Gasteiger partial charge on any atom is -0.337 e. The molecule has 4 nitrogen and oxygen atoms in total. The summed E-state index contributed by atoms with van der Waals surface area (Å²) >= 11 is 0. The van der Waals surface area contributed by atoms with Crippen molar-refractivity contribution in [1.29, 1.82) is 0 Å². The molecule has 0 amide bonds. The molecule has 22 heavy (non-hydrogen) atoms. The molecule has 0 atom stereocenters. The predicted molar refractivity (Wildman–Crippen MR) is 89.7 cm³/mol. The average Bonchev–Trinajstić information content (AvgIpc) is 2.95. The Labute approximate surface area is 133 Å². The van der Waals surface area contributed by atoms with Gasteiger partial charge in [0.15, 0.2) is 0 Å². The summed E-state index contributed by atoms with van der Waals surface area (Å²) in [7, 11) is 2.07. The van der Waals surface area contributed by atoms with Crippen LogP contribution in [-0.2, 0) is 20.0 Å². The molecule has 0 aliphatic carbocycles. The molecule has 118 valence electrons. The molecule has 3 rings (SSSR count). The second-order valence-electron chi connectivity index (χ2n) is 6.16. The number of aryl methyl sites for hydroxylation is 2. The van der Waals surface area contributed by atoms with Crippen molar-refractivity contribution in [2.45, 2.75) is 19.4 Å². The van der Waals surface area contributed by atoms with Gasteiger partial charge in [-0.25, -0.2) is 4.98 Å². The first kappa shape index (κ1) is 15.3. The fourth-order valence-electron chi connectivity index (χ4n) is 3.07. The van der Waals surface area contributed by atoms with Crippen LogP contribution in [0.5, 0.6) is 0 Å². The van der Waals surface area contributed by atoms with Crippen LogP contribution in [0, 0.1) is 0 Å². The zero-order valence-corrected chi connectivity index (χ0v) is 13.5. The van der Waals surface area contributed by atoms with E-state index in [1.807, 2.05) is 12.4 Å². The lowest BCUT2D eigenvalue weighted by Crippen LogP contribution is -2.46. The monoisotopic (exact) mass is 298 g/mol. The summed E-state index contributed by atoms with van der Waals surface area (Å²) in [5, 5.41) is 0. The minimum absolute atomic E-state index is 0.974. The van der Waals surface area contributed by atoms with E-state index < -0.39 is 0 Å².